The minimum Gasteiger partial charge on any atom is -0.382 e. The van der Waals surface area contributed by atoms with E-state index in [4.69, 9.17) is 4.74 Å². The maximum Gasteiger partial charge on any atom is 0.0478 e. The molecule has 2 rings (SSSR count). The number of hydrogen-bond donors (Lipinski definition) is 1. The van der Waals surface area contributed by atoms with Crippen LogP contribution in [-0.2, 0) is 4.74 Å². The van der Waals surface area contributed by atoms with Crippen molar-refractivity contribution in [3.8, 4) is 0 Å². The first kappa shape index (κ1) is 13.3. The number of rotatable bonds is 8. The summed E-state index contributed by atoms with van der Waals surface area (Å²) in [6, 6.07) is 1.63. The van der Waals surface area contributed by atoms with E-state index in [1.54, 1.807) is 0 Å². The number of hydrogen-bond acceptors (Lipinski definition) is 3. The fourth-order valence-corrected chi connectivity index (χ4v) is 2.69. The van der Waals surface area contributed by atoms with Crippen molar-refractivity contribution in [2.75, 3.05) is 32.8 Å². The zero-order valence-corrected chi connectivity index (χ0v) is 11.3. The topological polar surface area (TPSA) is 24.5 Å². The van der Waals surface area contributed by atoms with Gasteiger partial charge < -0.3 is 10.1 Å². The molecule has 0 aromatic carbocycles. The van der Waals surface area contributed by atoms with Gasteiger partial charge in [0, 0.05) is 38.4 Å². The summed E-state index contributed by atoms with van der Waals surface area (Å²) in [7, 11) is 0. The Hall–Kier alpha value is -0.120. The highest BCUT2D eigenvalue weighted by Crippen LogP contribution is 2.21. The third-order valence-corrected chi connectivity index (χ3v) is 3.91. The van der Waals surface area contributed by atoms with Crippen molar-refractivity contribution in [1.29, 1.82) is 0 Å². The van der Waals surface area contributed by atoms with Gasteiger partial charge in [0.05, 0.1) is 0 Å². The van der Waals surface area contributed by atoms with Gasteiger partial charge in [0.25, 0.3) is 0 Å². The second-order valence-corrected chi connectivity index (χ2v) is 5.42. The molecular formula is C14H28N2O. The first-order chi connectivity index (χ1) is 8.40. The Morgan fingerprint density at radius 3 is 2.88 bits per heavy atom. The van der Waals surface area contributed by atoms with Crippen LogP contribution >= 0.6 is 0 Å². The van der Waals surface area contributed by atoms with Crippen LogP contribution in [0.25, 0.3) is 0 Å². The van der Waals surface area contributed by atoms with Gasteiger partial charge >= 0.3 is 0 Å². The van der Waals surface area contributed by atoms with Gasteiger partial charge in [0.1, 0.15) is 0 Å². The molecule has 1 aliphatic heterocycles. The summed E-state index contributed by atoms with van der Waals surface area (Å²) < 4.78 is 5.43. The molecule has 0 bridgehead atoms. The standard InChI is InChI=1S/C14H28N2O/c1-2-17-11-5-10-16-9-4-3-6-14(16)12-15-13-7-8-13/h13-15H,2-12H2,1H3. The van der Waals surface area contributed by atoms with Crippen LogP contribution in [0.2, 0.25) is 0 Å². The van der Waals surface area contributed by atoms with Gasteiger partial charge in [-0.2, -0.15) is 0 Å². The van der Waals surface area contributed by atoms with Crippen LogP contribution in [0.5, 0.6) is 0 Å². The molecule has 2 fully saturated rings. The maximum absolute atomic E-state index is 5.43. The SMILES string of the molecule is CCOCCCN1CCCCC1CNC1CC1. The lowest BCUT2D eigenvalue weighted by Crippen LogP contribution is -2.46. The van der Waals surface area contributed by atoms with E-state index in [1.807, 2.05) is 0 Å². The minimum atomic E-state index is 0.783. The number of ether oxygens (including phenoxy) is 1. The largest absolute Gasteiger partial charge is 0.382 e. The molecule has 1 atom stereocenters. The molecule has 17 heavy (non-hydrogen) atoms. The van der Waals surface area contributed by atoms with Gasteiger partial charge in [-0.25, -0.2) is 0 Å². The predicted molar refractivity (Wildman–Crippen MR) is 71.3 cm³/mol. The van der Waals surface area contributed by atoms with Gasteiger partial charge in [0.15, 0.2) is 0 Å². The molecule has 1 aliphatic carbocycles. The van der Waals surface area contributed by atoms with E-state index in [1.165, 1.54) is 58.2 Å². The lowest BCUT2D eigenvalue weighted by atomic mass is 10.0. The van der Waals surface area contributed by atoms with E-state index < -0.39 is 0 Å². The van der Waals surface area contributed by atoms with Crippen LogP contribution in [0.4, 0.5) is 0 Å². The molecular weight excluding hydrogens is 212 g/mol. The van der Waals surface area contributed by atoms with Crippen LogP contribution in [0.1, 0.15) is 45.4 Å². The molecule has 1 heterocycles. The summed E-state index contributed by atoms with van der Waals surface area (Å²) in [6.45, 7) is 7.57. The molecule has 1 saturated heterocycles. The van der Waals surface area contributed by atoms with Crippen molar-refractivity contribution in [2.24, 2.45) is 0 Å². The second kappa shape index (κ2) is 7.34. The second-order valence-electron chi connectivity index (χ2n) is 5.42. The molecule has 0 amide bonds. The van der Waals surface area contributed by atoms with E-state index in [9.17, 15) is 0 Å². The molecule has 0 spiro atoms. The number of nitrogens with one attached hydrogen (secondary N) is 1. The summed E-state index contributed by atoms with van der Waals surface area (Å²) in [6.07, 6.45) is 8.17. The van der Waals surface area contributed by atoms with Gasteiger partial charge in [-0.15, -0.1) is 0 Å². The van der Waals surface area contributed by atoms with Gasteiger partial charge in [0.2, 0.25) is 0 Å². The molecule has 1 unspecified atom stereocenters. The highest BCUT2D eigenvalue weighted by Gasteiger charge is 2.25. The van der Waals surface area contributed by atoms with Crippen molar-refractivity contribution in [2.45, 2.75) is 57.5 Å². The van der Waals surface area contributed by atoms with E-state index in [2.05, 4.69) is 17.1 Å². The molecule has 100 valence electrons. The minimum absolute atomic E-state index is 0.783. The van der Waals surface area contributed by atoms with E-state index in [0.29, 0.717) is 0 Å². The number of piperidine rings is 1. The maximum atomic E-state index is 5.43. The molecule has 1 N–H and O–H groups in total. The summed E-state index contributed by atoms with van der Waals surface area (Å²) >= 11 is 0. The van der Waals surface area contributed by atoms with Crippen LogP contribution in [0.3, 0.4) is 0 Å². The third-order valence-electron chi connectivity index (χ3n) is 3.91. The van der Waals surface area contributed by atoms with E-state index in [-0.39, 0.29) is 0 Å². The Morgan fingerprint density at radius 2 is 2.12 bits per heavy atom. The summed E-state index contributed by atoms with van der Waals surface area (Å²) in [5.74, 6) is 0. The van der Waals surface area contributed by atoms with E-state index in [0.717, 1.165) is 25.3 Å². The van der Waals surface area contributed by atoms with Crippen LogP contribution in [-0.4, -0.2) is 49.8 Å². The van der Waals surface area contributed by atoms with Crippen molar-refractivity contribution in [1.82, 2.24) is 10.2 Å². The van der Waals surface area contributed by atoms with Gasteiger partial charge in [-0.3, -0.25) is 4.90 Å². The highest BCUT2D eigenvalue weighted by atomic mass is 16.5. The molecule has 0 aromatic heterocycles. The van der Waals surface area contributed by atoms with Crippen molar-refractivity contribution in [3.05, 3.63) is 0 Å². The summed E-state index contributed by atoms with van der Waals surface area (Å²) in [5.41, 5.74) is 0. The number of likely N-dealkylation sites (tertiary alicyclic amines) is 1. The van der Waals surface area contributed by atoms with Crippen molar-refractivity contribution < 1.29 is 4.74 Å². The Labute approximate surface area is 106 Å². The summed E-state index contributed by atoms with van der Waals surface area (Å²) in [5, 5.41) is 3.68. The molecule has 0 aromatic rings. The lowest BCUT2D eigenvalue weighted by molar-refractivity contribution is 0.104. The van der Waals surface area contributed by atoms with Crippen molar-refractivity contribution >= 4 is 0 Å². The molecule has 1 saturated carbocycles. The van der Waals surface area contributed by atoms with Crippen LogP contribution in [0.15, 0.2) is 0 Å². The lowest BCUT2D eigenvalue weighted by Gasteiger charge is -2.36. The first-order valence-electron chi connectivity index (χ1n) is 7.45. The van der Waals surface area contributed by atoms with Gasteiger partial charge in [-0.1, -0.05) is 6.42 Å². The molecule has 2 aliphatic rings. The Bertz CT molecular complexity index is 206. The van der Waals surface area contributed by atoms with Crippen LogP contribution in [0, 0.1) is 0 Å². The van der Waals surface area contributed by atoms with Crippen molar-refractivity contribution in [3.63, 3.8) is 0 Å². The summed E-state index contributed by atoms with van der Waals surface area (Å²) in [4.78, 5) is 2.68. The van der Waals surface area contributed by atoms with E-state index >= 15 is 0 Å². The third kappa shape index (κ3) is 4.94. The average Bonchev–Trinajstić information content (AvgIpc) is 3.17. The number of nitrogens with zero attached hydrogens (tertiary/aromatic N) is 1. The smallest absolute Gasteiger partial charge is 0.0478 e. The fourth-order valence-electron chi connectivity index (χ4n) is 2.69. The predicted octanol–water partition coefficient (Wildman–Crippen LogP) is 2.02. The Morgan fingerprint density at radius 1 is 1.24 bits per heavy atom. The zero-order valence-electron chi connectivity index (χ0n) is 11.3. The highest BCUT2D eigenvalue weighted by molar-refractivity contribution is 4.85. The molecule has 0 radical (unpaired) electrons. The fraction of sp³-hybridized carbons (Fsp3) is 1.00. The monoisotopic (exact) mass is 240 g/mol. The Balaban J connectivity index is 1.63. The average molecular weight is 240 g/mol. The van der Waals surface area contributed by atoms with Gasteiger partial charge in [-0.05, 0) is 45.6 Å². The molecule has 3 heteroatoms. The molecule has 3 nitrogen and oxygen atoms in total. The zero-order chi connectivity index (χ0) is 11.9. The Kier molecular flexibility index (Phi) is 5.75. The van der Waals surface area contributed by atoms with Crippen LogP contribution < -0.4 is 5.32 Å². The quantitative estimate of drug-likeness (QED) is 0.657. The normalized spacial score (nSPS) is 26.3. The first-order valence-corrected chi connectivity index (χ1v) is 7.45.